The second kappa shape index (κ2) is 4.41. The second-order valence-electron chi connectivity index (χ2n) is 2.14. The van der Waals surface area contributed by atoms with Gasteiger partial charge in [-0.25, -0.2) is 0 Å². The maximum Gasteiger partial charge on any atom is 0.0658 e. The van der Waals surface area contributed by atoms with Crippen LogP contribution in [0.3, 0.4) is 0 Å². The predicted molar refractivity (Wildman–Crippen MR) is 45.9 cm³/mol. The third kappa shape index (κ3) is 2.55. The molecule has 0 bridgehead atoms. The highest BCUT2D eigenvalue weighted by Gasteiger charge is 1.94. The first-order valence-corrected chi connectivity index (χ1v) is 4.64. The molecule has 0 aliphatic carbocycles. The number of hydrogen-bond donors (Lipinski definition) is 0. The highest BCUT2D eigenvalue weighted by atomic mass is 32.2. The van der Waals surface area contributed by atoms with Crippen LogP contribution in [0.5, 0.6) is 0 Å². The summed E-state index contributed by atoms with van der Waals surface area (Å²) in [5, 5.41) is 4.14. The van der Waals surface area contributed by atoms with E-state index in [0.717, 1.165) is 13.2 Å². The fourth-order valence-electron chi connectivity index (χ4n) is 0.757. The van der Waals surface area contributed by atoms with E-state index in [4.69, 9.17) is 4.74 Å². The van der Waals surface area contributed by atoms with Gasteiger partial charge in [-0.2, -0.15) is 5.10 Å². The van der Waals surface area contributed by atoms with E-state index in [2.05, 4.69) is 5.10 Å². The Balaban J connectivity index is 2.44. The molecular formula is C7H12N2OS. The van der Waals surface area contributed by atoms with Crippen LogP contribution in [0.25, 0.3) is 0 Å². The van der Waals surface area contributed by atoms with Crippen LogP contribution in [0.2, 0.25) is 0 Å². The molecule has 4 heteroatoms. The van der Waals surface area contributed by atoms with Gasteiger partial charge in [0.1, 0.15) is 0 Å². The highest BCUT2D eigenvalue weighted by molar-refractivity contribution is 7.98. The van der Waals surface area contributed by atoms with Gasteiger partial charge >= 0.3 is 0 Å². The maximum absolute atomic E-state index is 4.92. The Morgan fingerprint density at radius 3 is 3.09 bits per heavy atom. The van der Waals surface area contributed by atoms with Crippen molar-refractivity contribution in [2.45, 2.75) is 11.4 Å². The van der Waals surface area contributed by atoms with Crippen molar-refractivity contribution in [1.82, 2.24) is 9.78 Å². The molecule has 3 nitrogen and oxygen atoms in total. The first-order valence-electron chi connectivity index (χ1n) is 3.42. The smallest absolute Gasteiger partial charge is 0.0658 e. The molecule has 0 radical (unpaired) electrons. The van der Waals surface area contributed by atoms with E-state index >= 15 is 0 Å². The lowest BCUT2D eigenvalue weighted by Gasteiger charge is -1.97. The van der Waals surface area contributed by atoms with E-state index in [1.165, 1.54) is 4.90 Å². The zero-order valence-electron chi connectivity index (χ0n) is 6.78. The number of ether oxygens (including phenoxy) is 1. The summed E-state index contributed by atoms with van der Waals surface area (Å²) >= 11 is 1.70. The molecule has 0 unspecified atom stereocenters. The third-order valence-corrected chi connectivity index (χ3v) is 2.05. The minimum atomic E-state index is 0.718. The minimum Gasteiger partial charge on any atom is -0.383 e. The van der Waals surface area contributed by atoms with Crippen LogP contribution in [-0.4, -0.2) is 29.8 Å². The van der Waals surface area contributed by atoms with Crippen LogP contribution >= 0.6 is 11.8 Å². The van der Waals surface area contributed by atoms with Gasteiger partial charge < -0.3 is 4.74 Å². The van der Waals surface area contributed by atoms with E-state index in [1.807, 2.05) is 23.3 Å². The molecule has 0 spiro atoms. The zero-order valence-corrected chi connectivity index (χ0v) is 7.60. The summed E-state index contributed by atoms with van der Waals surface area (Å²) in [6.45, 7) is 1.55. The minimum absolute atomic E-state index is 0.718. The summed E-state index contributed by atoms with van der Waals surface area (Å²) in [6, 6.07) is 0. The lowest BCUT2D eigenvalue weighted by molar-refractivity contribution is 0.183. The van der Waals surface area contributed by atoms with Gasteiger partial charge in [0.15, 0.2) is 0 Å². The SMILES string of the molecule is COCCn1cc(SC)cn1. The van der Waals surface area contributed by atoms with Crippen molar-refractivity contribution in [2.75, 3.05) is 20.0 Å². The molecule has 0 aromatic carbocycles. The molecule has 1 aromatic heterocycles. The van der Waals surface area contributed by atoms with Crippen LogP contribution in [0.1, 0.15) is 0 Å². The van der Waals surface area contributed by atoms with E-state index < -0.39 is 0 Å². The fourth-order valence-corrected chi connectivity index (χ4v) is 1.14. The monoisotopic (exact) mass is 172 g/mol. The molecule has 0 amide bonds. The normalized spacial score (nSPS) is 10.4. The van der Waals surface area contributed by atoms with Gasteiger partial charge in [0.05, 0.1) is 19.3 Å². The van der Waals surface area contributed by atoms with Gasteiger partial charge in [-0.15, -0.1) is 11.8 Å². The number of nitrogens with zero attached hydrogens (tertiary/aromatic N) is 2. The van der Waals surface area contributed by atoms with E-state index in [1.54, 1.807) is 18.9 Å². The highest BCUT2D eigenvalue weighted by Crippen LogP contribution is 2.11. The van der Waals surface area contributed by atoms with Crippen LogP contribution in [-0.2, 0) is 11.3 Å². The van der Waals surface area contributed by atoms with Crippen molar-refractivity contribution in [1.29, 1.82) is 0 Å². The number of hydrogen-bond acceptors (Lipinski definition) is 3. The van der Waals surface area contributed by atoms with Crippen molar-refractivity contribution in [3.05, 3.63) is 12.4 Å². The van der Waals surface area contributed by atoms with Gasteiger partial charge in [-0.1, -0.05) is 0 Å². The zero-order chi connectivity index (χ0) is 8.10. The summed E-state index contributed by atoms with van der Waals surface area (Å²) in [5.41, 5.74) is 0. The predicted octanol–water partition coefficient (Wildman–Crippen LogP) is 1.25. The molecule has 0 saturated heterocycles. The molecule has 0 saturated carbocycles. The van der Waals surface area contributed by atoms with Crippen molar-refractivity contribution >= 4 is 11.8 Å². The van der Waals surface area contributed by atoms with Crippen LogP contribution in [0.4, 0.5) is 0 Å². The van der Waals surface area contributed by atoms with Crippen molar-refractivity contribution in [3.63, 3.8) is 0 Å². The lowest BCUT2D eigenvalue weighted by atomic mass is 10.7. The first-order chi connectivity index (χ1) is 5.36. The molecule has 11 heavy (non-hydrogen) atoms. The largest absolute Gasteiger partial charge is 0.383 e. The summed E-state index contributed by atoms with van der Waals surface area (Å²) < 4.78 is 6.81. The Bertz CT molecular complexity index is 212. The van der Waals surface area contributed by atoms with Crippen molar-refractivity contribution < 1.29 is 4.74 Å². The molecule has 0 atom stereocenters. The van der Waals surface area contributed by atoms with E-state index in [0.29, 0.717) is 0 Å². The standard InChI is InChI=1S/C7H12N2OS/c1-10-4-3-9-6-7(11-2)5-8-9/h5-6H,3-4H2,1-2H3. The lowest BCUT2D eigenvalue weighted by Crippen LogP contribution is -2.03. The van der Waals surface area contributed by atoms with Gasteiger partial charge in [-0.05, 0) is 6.26 Å². The number of rotatable bonds is 4. The second-order valence-corrected chi connectivity index (χ2v) is 3.02. The Morgan fingerprint density at radius 2 is 2.55 bits per heavy atom. The Kier molecular flexibility index (Phi) is 3.45. The average molecular weight is 172 g/mol. The van der Waals surface area contributed by atoms with Gasteiger partial charge in [0.2, 0.25) is 0 Å². The molecule has 1 aromatic rings. The first kappa shape index (κ1) is 8.62. The number of aromatic nitrogens is 2. The van der Waals surface area contributed by atoms with E-state index in [-0.39, 0.29) is 0 Å². The van der Waals surface area contributed by atoms with Crippen molar-refractivity contribution in [3.8, 4) is 0 Å². The maximum atomic E-state index is 4.92. The molecule has 0 fully saturated rings. The quantitative estimate of drug-likeness (QED) is 0.640. The van der Waals surface area contributed by atoms with Gasteiger partial charge in [0, 0.05) is 18.2 Å². The fraction of sp³-hybridized carbons (Fsp3) is 0.571. The number of methoxy groups -OCH3 is 1. The van der Waals surface area contributed by atoms with Gasteiger partial charge in [0.25, 0.3) is 0 Å². The number of thioether (sulfide) groups is 1. The topological polar surface area (TPSA) is 27.1 Å². The summed E-state index contributed by atoms with van der Waals surface area (Å²) in [6.07, 6.45) is 5.92. The Labute approximate surface area is 70.7 Å². The van der Waals surface area contributed by atoms with E-state index in [9.17, 15) is 0 Å². The van der Waals surface area contributed by atoms with Crippen LogP contribution in [0, 0.1) is 0 Å². The summed E-state index contributed by atoms with van der Waals surface area (Å²) in [5.74, 6) is 0. The molecule has 62 valence electrons. The third-order valence-electron chi connectivity index (χ3n) is 1.37. The molecule has 1 heterocycles. The Hall–Kier alpha value is -0.480. The molecule has 0 aliphatic heterocycles. The molecule has 1 rings (SSSR count). The van der Waals surface area contributed by atoms with Gasteiger partial charge in [-0.3, -0.25) is 4.68 Å². The van der Waals surface area contributed by atoms with Crippen LogP contribution < -0.4 is 0 Å². The molecular weight excluding hydrogens is 160 g/mol. The Morgan fingerprint density at radius 1 is 1.73 bits per heavy atom. The van der Waals surface area contributed by atoms with Crippen molar-refractivity contribution in [2.24, 2.45) is 0 Å². The average Bonchev–Trinajstić information content (AvgIpc) is 2.48. The summed E-state index contributed by atoms with van der Waals surface area (Å²) in [4.78, 5) is 1.20. The molecule has 0 aliphatic rings. The van der Waals surface area contributed by atoms with Crippen LogP contribution in [0.15, 0.2) is 17.3 Å². The molecule has 0 N–H and O–H groups in total. The summed E-state index contributed by atoms with van der Waals surface area (Å²) in [7, 11) is 1.69.